The number of benzene rings is 2. The first-order valence-corrected chi connectivity index (χ1v) is 9.68. The number of hydrazone groups is 2. The molecular formula is C20H24N6OS2. The lowest BCUT2D eigenvalue weighted by Crippen LogP contribution is -2.28. The van der Waals surface area contributed by atoms with E-state index in [1.807, 2.05) is 69.3 Å². The number of rotatable bonds is 6. The highest BCUT2D eigenvalue weighted by Gasteiger charge is 2.01. The molecule has 0 unspecified atom stereocenters. The minimum Gasteiger partial charge on any atom is -0.392 e. The fourth-order valence-corrected chi connectivity index (χ4v) is 2.41. The first kappa shape index (κ1) is 22.4. The highest BCUT2D eigenvalue weighted by Crippen LogP contribution is 2.09. The van der Waals surface area contributed by atoms with E-state index in [-0.39, 0.29) is 6.61 Å². The van der Waals surface area contributed by atoms with Gasteiger partial charge in [0.15, 0.2) is 10.2 Å². The van der Waals surface area contributed by atoms with Crippen LogP contribution in [-0.2, 0) is 6.61 Å². The molecule has 0 aliphatic rings. The highest BCUT2D eigenvalue weighted by molar-refractivity contribution is 7.80. The molecule has 0 saturated heterocycles. The van der Waals surface area contributed by atoms with Gasteiger partial charge in [-0.15, -0.1) is 0 Å². The summed E-state index contributed by atoms with van der Waals surface area (Å²) in [6.45, 7) is 5.65. The van der Waals surface area contributed by atoms with Gasteiger partial charge in [0.2, 0.25) is 0 Å². The van der Waals surface area contributed by atoms with Crippen molar-refractivity contribution >= 4 is 57.5 Å². The van der Waals surface area contributed by atoms with Crippen LogP contribution in [0.4, 0.5) is 11.4 Å². The average molecular weight is 429 g/mol. The van der Waals surface area contributed by atoms with Crippen LogP contribution < -0.4 is 21.5 Å². The van der Waals surface area contributed by atoms with Gasteiger partial charge in [0, 0.05) is 11.4 Å². The number of nitrogens with one attached hydrogen (secondary N) is 4. The van der Waals surface area contributed by atoms with E-state index < -0.39 is 0 Å². The second-order valence-corrected chi connectivity index (χ2v) is 7.06. The molecule has 2 rings (SSSR count). The lowest BCUT2D eigenvalue weighted by molar-refractivity contribution is 0.282. The van der Waals surface area contributed by atoms with Gasteiger partial charge in [-0.3, -0.25) is 10.9 Å². The fraction of sp³-hybridized carbons (Fsp3) is 0.200. The van der Waals surface area contributed by atoms with Gasteiger partial charge < -0.3 is 15.7 Å². The molecule has 0 spiro atoms. The zero-order valence-electron chi connectivity index (χ0n) is 16.5. The molecule has 29 heavy (non-hydrogen) atoms. The highest BCUT2D eigenvalue weighted by atomic mass is 32.1. The number of aliphatic hydroxyl groups excluding tert-OH is 1. The molecule has 0 aliphatic carbocycles. The Hall–Kier alpha value is -2.88. The summed E-state index contributed by atoms with van der Waals surface area (Å²) in [5, 5.41) is 24.3. The maximum atomic E-state index is 9.06. The third-order valence-corrected chi connectivity index (χ3v) is 4.26. The number of thiocarbonyl (C=S) groups is 2. The topological polar surface area (TPSA) is 93.1 Å². The Morgan fingerprint density at radius 2 is 1.21 bits per heavy atom. The van der Waals surface area contributed by atoms with Crippen LogP contribution in [0.15, 0.2) is 58.7 Å². The minimum atomic E-state index is 0.00306. The molecule has 2 aromatic carbocycles. The molecule has 0 fully saturated rings. The molecule has 5 N–H and O–H groups in total. The number of nitrogens with zero attached hydrogens (tertiary/aromatic N) is 2. The van der Waals surface area contributed by atoms with Crippen LogP contribution >= 0.6 is 24.4 Å². The van der Waals surface area contributed by atoms with Crippen molar-refractivity contribution in [2.45, 2.75) is 27.4 Å². The molecule has 152 valence electrons. The van der Waals surface area contributed by atoms with Crippen LogP contribution in [-0.4, -0.2) is 26.8 Å². The molecule has 0 aliphatic heterocycles. The fourth-order valence-electron chi connectivity index (χ4n) is 2.08. The van der Waals surface area contributed by atoms with E-state index in [4.69, 9.17) is 29.5 Å². The number of aryl methyl sites for hydroxylation is 1. The van der Waals surface area contributed by atoms with Gasteiger partial charge in [-0.25, -0.2) is 0 Å². The van der Waals surface area contributed by atoms with E-state index >= 15 is 0 Å². The van der Waals surface area contributed by atoms with Crippen molar-refractivity contribution in [2.24, 2.45) is 10.2 Å². The van der Waals surface area contributed by atoms with Crippen LogP contribution in [0.5, 0.6) is 0 Å². The van der Waals surface area contributed by atoms with Gasteiger partial charge in [-0.2, -0.15) is 10.2 Å². The molecule has 0 aromatic heterocycles. The first-order valence-electron chi connectivity index (χ1n) is 8.87. The molecule has 7 nitrogen and oxygen atoms in total. The van der Waals surface area contributed by atoms with E-state index in [0.29, 0.717) is 21.6 Å². The number of aliphatic hydroxyl groups is 1. The monoisotopic (exact) mass is 428 g/mol. The number of anilines is 2. The van der Waals surface area contributed by atoms with Crippen LogP contribution in [0, 0.1) is 6.92 Å². The van der Waals surface area contributed by atoms with E-state index in [1.54, 1.807) is 0 Å². The van der Waals surface area contributed by atoms with Gasteiger partial charge in [0.05, 0.1) is 18.0 Å². The van der Waals surface area contributed by atoms with Gasteiger partial charge in [0.1, 0.15) is 0 Å². The Balaban J connectivity index is 1.82. The van der Waals surface area contributed by atoms with E-state index in [2.05, 4.69) is 31.7 Å². The quantitative estimate of drug-likeness (QED) is 0.273. The largest absolute Gasteiger partial charge is 0.392 e. The molecule has 0 amide bonds. The molecule has 0 bridgehead atoms. The van der Waals surface area contributed by atoms with Crippen molar-refractivity contribution in [1.82, 2.24) is 10.9 Å². The Kier molecular flexibility index (Phi) is 8.66. The summed E-state index contributed by atoms with van der Waals surface area (Å²) in [5.41, 5.74) is 10.6. The van der Waals surface area contributed by atoms with Crippen LogP contribution in [0.1, 0.15) is 25.0 Å². The Morgan fingerprint density at radius 3 is 1.62 bits per heavy atom. The standard InChI is InChI=1S/C20H24N6OS2/c1-13-4-8-17(9-5-13)21-19(28)25-23-14(2)15(3)24-26-20(29)22-18-10-6-16(12-27)7-11-18/h4-11,27H,12H2,1-3H3,(H2,21,25,28)(H2,22,26,29). The SMILES string of the molecule is CC(=NNC(=S)Nc1ccc(C)cc1)C(C)=NNC(=S)Nc1ccc(CO)cc1. The summed E-state index contributed by atoms with van der Waals surface area (Å²) in [7, 11) is 0. The summed E-state index contributed by atoms with van der Waals surface area (Å²) in [4.78, 5) is 0. The Labute approximate surface area is 181 Å². The van der Waals surface area contributed by atoms with Crippen LogP contribution in [0.3, 0.4) is 0 Å². The number of hydrogen-bond acceptors (Lipinski definition) is 5. The minimum absolute atomic E-state index is 0.00306. The Bertz CT molecular complexity index is 908. The summed E-state index contributed by atoms with van der Waals surface area (Å²) in [6, 6.07) is 15.2. The van der Waals surface area contributed by atoms with Gasteiger partial charge in [-0.05, 0) is 75.0 Å². The first-order chi connectivity index (χ1) is 13.9. The van der Waals surface area contributed by atoms with Crippen molar-refractivity contribution < 1.29 is 5.11 Å². The molecule has 2 aromatic rings. The molecule has 0 heterocycles. The maximum Gasteiger partial charge on any atom is 0.191 e. The van der Waals surface area contributed by atoms with Crippen molar-refractivity contribution in [3.8, 4) is 0 Å². The van der Waals surface area contributed by atoms with Crippen molar-refractivity contribution in [2.75, 3.05) is 10.6 Å². The summed E-state index contributed by atoms with van der Waals surface area (Å²) < 4.78 is 0. The Morgan fingerprint density at radius 1 is 0.793 bits per heavy atom. The lowest BCUT2D eigenvalue weighted by atomic mass is 10.2. The van der Waals surface area contributed by atoms with Gasteiger partial charge in [-0.1, -0.05) is 29.8 Å². The molecule has 0 radical (unpaired) electrons. The zero-order valence-corrected chi connectivity index (χ0v) is 18.1. The second kappa shape index (κ2) is 11.2. The molecule has 0 saturated carbocycles. The molecule has 0 atom stereocenters. The van der Waals surface area contributed by atoms with Gasteiger partial charge in [0.25, 0.3) is 0 Å². The number of hydrogen-bond donors (Lipinski definition) is 5. The van der Waals surface area contributed by atoms with Crippen molar-refractivity contribution in [3.63, 3.8) is 0 Å². The third kappa shape index (κ3) is 7.94. The van der Waals surface area contributed by atoms with Crippen LogP contribution in [0.2, 0.25) is 0 Å². The average Bonchev–Trinajstić information content (AvgIpc) is 2.72. The van der Waals surface area contributed by atoms with Crippen molar-refractivity contribution in [3.05, 3.63) is 59.7 Å². The third-order valence-electron chi connectivity index (χ3n) is 3.88. The molecule has 9 heteroatoms. The normalized spacial score (nSPS) is 11.6. The lowest BCUT2D eigenvalue weighted by Gasteiger charge is -2.09. The van der Waals surface area contributed by atoms with E-state index in [1.165, 1.54) is 5.56 Å². The van der Waals surface area contributed by atoms with Gasteiger partial charge >= 0.3 is 0 Å². The summed E-state index contributed by atoms with van der Waals surface area (Å²) in [5.74, 6) is 0. The van der Waals surface area contributed by atoms with E-state index in [9.17, 15) is 0 Å². The second-order valence-electron chi connectivity index (χ2n) is 6.25. The maximum absolute atomic E-state index is 9.06. The smallest absolute Gasteiger partial charge is 0.191 e. The van der Waals surface area contributed by atoms with Crippen molar-refractivity contribution in [1.29, 1.82) is 0 Å². The predicted molar refractivity (Wildman–Crippen MR) is 128 cm³/mol. The van der Waals surface area contributed by atoms with E-state index in [0.717, 1.165) is 16.9 Å². The summed E-state index contributed by atoms with van der Waals surface area (Å²) >= 11 is 10.5. The zero-order chi connectivity index (χ0) is 21.2. The van der Waals surface area contributed by atoms with Crippen LogP contribution in [0.25, 0.3) is 0 Å². The predicted octanol–water partition coefficient (Wildman–Crippen LogP) is 3.51. The molecular weight excluding hydrogens is 404 g/mol. The summed E-state index contributed by atoms with van der Waals surface area (Å²) in [6.07, 6.45) is 0.